The van der Waals surface area contributed by atoms with Crippen LogP contribution in [-0.4, -0.2) is 5.91 Å². The normalized spacial score (nSPS) is 23.5. The molecule has 0 saturated carbocycles. The molecule has 1 unspecified atom stereocenters. The Morgan fingerprint density at radius 1 is 1.47 bits per heavy atom. The number of carbonyl (C=O) groups is 1. The van der Waals surface area contributed by atoms with E-state index in [0.717, 1.165) is 16.8 Å². The topological polar surface area (TPSA) is 29.1 Å². The lowest BCUT2D eigenvalue weighted by molar-refractivity contribution is -0.120. The van der Waals surface area contributed by atoms with Crippen molar-refractivity contribution < 1.29 is 4.79 Å². The Morgan fingerprint density at radius 3 is 2.80 bits per heavy atom. The van der Waals surface area contributed by atoms with Crippen LogP contribution in [0, 0.1) is 0 Å². The molecule has 1 aliphatic heterocycles. The summed E-state index contributed by atoms with van der Waals surface area (Å²) < 4.78 is 0. The highest BCUT2D eigenvalue weighted by atomic mass is 16.2. The minimum absolute atomic E-state index is 0.0756. The van der Waals surface area contributed by atoms with E-state index in [9.17, 15) is 4.79 Å². The molecule has 0 bridgehead atoms. The number of nitrogens with one attached hydrogen (secondary N) is 1. The van der Waals surface area contributed by atoms with Gasteiger partial charge in [0, 0.05) is 5.69 Å². The molecule has 1 aromatic carbocycles. The number of fused-ring (bicyclic) bond motifs is 1. The molecule has 2 heteroatoms. The predicted octanol–water partition coefficient (Wildman–Crippen LogP) is 2.86. The second kappa shape index (κ2) is 3.23. The Labute approximate surface area is 90.0 Å². The molecule has 2 rings (SSSR count). The number of para-hydroxylation sites is 1. The van der Waals surface area contributed by atoms with E-state index < -0.39 is 5.41 Å². The molecule has 1 N–H and O–H groups in total. The van der Waals surface area contributed by atoms with Crippen molar-refractivity contribution in [3.05, 3.63) is 42.0 Å². The maximum absolute atomic E-state index is 11.9. The van der Waals surface area contributed by atoms with Gasteiger partial charge in [-0.1, -0.05) is 23.8 Å². The van der Waals surface area contributed by atoms with Crippen molar-refractivity contribution in [3.63, 3.8) is 0 Å². The molecule has 1 atom stereocenters. The molecule has 0 aromatic heterocycles. The van der Waals surface area contributed by atoms with Crippen LogP contribution in [0.25, 0.3) is 0 Å². The van der Waals surface area contributed by atoms with E-state index in [2.05, 4.69) is 11.9 Å². The van der Waals surface area contributed by atoms with Gasteiger partial charge in [0.15, 0.2) is 0 Å². The maximum atomic E-state index is 11.9. The Balaban J connectivity index is 2.49. The molecule has 2 nitrogen and oxygen atoms in total. The summed E-state index contributed by atoms with van der Waals surface area (Å²) in [7, 11) is 0. The van der Waals surface area contributed by atoms with Crippen molar-refractivity contribution in [3.8, 4) is 0 Å². The summed E-state index contributed by atoms with van der Waals surface area (Å²) in [5.74, 6) is 0.0756. The quantitative estimate of drug-likeness (QED) is 0.732. The van der Waals surface area contributed by atoms with E-state index in [1.54, 1.807) is 0 Å². The molecular formula is C13H15NO. The van der Waals surface area contributed by atoms with Crippen LogP contribution in [0.5, 0.6) is 0 Å². The molecule has 1 aromatic rings. The van der Waals surface area contributed by atoms with E-state index in [4.69, 9.17) is 0 Å². The fourth-order valence-electron chi connectivity index (χ4n) is 2.23. The Bertz CT molecular complexity index is 436. The molecular weight excluding hydrogens is 186 g/mol. The van der Waals surface area contributed by atoms with Gasteiger partial charge in [0.2, 0.25) is 5.91 Å². The van der Waals surface area contributed by atoms with Gasteiger partial charge in [-0.05, 0) is 31.9 Å². The van der Waals surface area contributed by atoms with Crippen LogP contribution in [0.2, 0.25) is 0 Å². The molecule has 0 spiro atoms. The van der Waals surface area contributed by atoms with E-state index >= 15 is 0 Å². The van der Waals surface area contributed by atoms with Crippen LogP contribution < -0.4 is 5.32 Å². The van der Waals surface area contributed by atoms with Crippen molar-refractivity contribution in [1.82, 2.24) is 0 Å². The lowest BCUT2D eigenvalue weighted by atomic mass is 9.79. The molecule has 1 amide bonds. The van der Waals surface area contributed by atoms with Crippen LogP contribution in [-0.2, 0) is 10.2 Å². The standard InChI is InChI=1S/C13H15NO/c1-9(2)8-13(3)10-6-4-5-7-11(10)14-12(13)15/h4-7H,1,8H2,2-3H3,(H,14,15). The van der Waals surface area contributed by atoms with Gasteiger partial charge < -0.3 is 5.32 Å². The van der Waals surface area contributed by atoms with Gasteiger partial charge in [-0.2, -0.15) is 0 Å². The SMILES string of the molecule is C=C(C)CC1(C)C(=O)Nc2ccccc21. The van der Waals surface area contributed by atoms with Gasteiger partial charge in [-0.15, -0.1) is 6.58 Å². The number of carbonyl (C=O) groups excluding carboxylic acids is 1. The largest absolute Gasteiger partial charge is 0.325 e. The molecule has 0 saturated heterocycles. The van der Waals surface area contributed by atoms with Crippen molar-refractivity contribution in [2.45, 2.75) is 25.7 Å². The molecule has 1 aliphatic rings. The zero-order valence-corrected chi connectivity index (χ0v) is 9.13. The second-order valence-corrected chi connectivity index (χ2v) is 4.47. The van der Waals surface area contributed by atoms with Crippen molar-refractivity contribution in [1.29, 1.82) is 0 Å². The summed E-state index contributed by atoms with van der Waals surface area (Å²) in [6.45, 7) is 7.82. The summed E-state index contributed by atoms with van der Waals surface area (Å²) >= 11 is 0. The molecule has 0 aliphatic carbocycles. The van der Waals surface area contributed by atoms with Gasteiger partial charge in [-0.3, -0.25) is 4.79 Å². The van der Waals surface area contributed by atoms with Gasteiger partial charge >= 0.3 is 0 Å². The highest BCUT2D eigenvalue weighted by Gasteiger charge is 2.41. The lowest BCUT2D eigenvalue weighted by Crippen LogP contribution is -2.31. The molecule has 0 radical (unpaired) electrons. The highest BCUT2D eigenvalue weighted by molar-refractivity contribution is 6.06. The van der Waals surface area contributed by atoms with E-state index in [-0.39, 0.29) is 5.91 Å². The zero-order chi connectivity index (χ0) is 11.1. The predicted molar refractivity (Wildman–Crippen MR) is 61.9 cm³/mol. The second-order valence-electron chi connectivity index (χ2n) is 4.47. The van der Waals surface area contributed by atoms with Crippen molar-refractivity contribution >= 4 is 11.6 Å². The molecule has 78 valence electrons. The summed E-state index contributed by atoms with van der Waals surface area (Å²) in [5.41, 5.74) is 2.61. The van der Waals surface area contributed by atoms with Crippen LogP contribution >= 0.6 is 0 Å². The number of benzene rings is 1. The highest BCUT2D eigenvalue weighted by Crippen LogP contribution is 2.41. The third-order valence-electron chi connectivity index (χ3n) is 2.93. The molecule has 0 fully saturated rings. The molecule has 15 heavy (non-hydrogen) atoms. The van der Waals surface area contributed by atoms with Crippen molar-refractivity contribution in [2.75, 3.05) is 5.32 Å². The van der Waals surface area contributed by atoms with Crippen molar-refractivity contribution in [2.24, 2.45) is 0 Å². The first-order valence-corrected chi connectivity index (χ1v) is 5.09. The smallest absolute Gasteiger partial charge is 0.235 e. The number of allylic oxidation sites excluding steroid dienone is 1. The van der Waals surface area contributed by atoms with Crippen LogP contribution in [0.3, 0.4) is 0 Å². The van der Waals surface area contributed by atoms with Crippen LogP contribution in [0.15, 0.2) is 36.4 Å². The van der Waals surface area contributed by atoms with Gasteiger partial charge in [-0.25, -0.2) is 0 Å². The first kappa shape index (κ1) is 9.97. The average molecular weight is 201 g/mol. The van der Waals surface area contributed by atoms with Crippen LogP contribution in [0.4, 0.5) is 5.69 Å². The van der Waals surface area contributed by atoms with E-state index in [0.29, 0.717) is 6.42 Å². The number of hydrogen-bond donors (Lipinski definition) is 1. The van der Waals surface area contributed by atoms with Gasteiger partial charge in [0.1, 0.15) is 0 Å². The lowest BCUT2D eigenvalue weighted by Gasteiger charge is -2.22. The Morgan fingerprint density at radius 2 is 2.13 bits per heavy atom. The first-order valence-electron chi connectivity index (χ1n) is 5.09. The summed E-state index contributed by atoms with van der Waals surface area (Å²) in [5, 5.41) is 2.91. The minimum Gasteiger partial charge on any atom is -0.325 e. The monoisotopic (exact) mass is 201 g/mol. The van der Waals surface area contributed by atoms with E-state index in [1.165, 1.54) is 0 Å². The molecule has 1 heterocycles. The number of rotatable bonds is 2. The Hall–Kier alpha value is -1.57. The number of anilines is 1. The fraction of sp³-hybridized carbons (Fsp3) is 0.308. The zero-order valence-electron chi connectivity index (χ0n) is 9.13. The third-order valence-corrected chi connectivity index (χ3v) is 2.93. The first-order chi connectivity index (χ1) is 7.04. The van der Waals surface area contributed by atoms with Gasteiger partial charge in [0.05, 0.1) is 5.41 Å². The maximum Gasteiger partial charge on any atom is 0.235 e. The van der Waals surface area contributed by atoms with Crippen LogP contribution in [0.1, 0.15) is 25.8 Å². The Kier molecular flexibility index (Phi) is 2.14. The summed E-state index contributed by atoms with van der Waals surface area (Å²) in [6.07, 6.45) is 0.704. The summed E-state index contributed by atoms with van der Waals surface area (Å²) in [4.78, 5) is 11.9. The van der Waals surface area contributed by atoms with E-state index in [1.807, 2.05) is 38.1 Å². The van der Waals surface area contributed by atoms with Gasteiger partial charge in [0.25, 0.3) is 0 Å². The third kappa shape index (κ3) is 1.46. The summed E-state index contributed by atoms with van der Waals surface area (Å²) in [6, 6.07) is 7.86. The number of hydrogen-bond acceptors (Lipinski definition) is 1. The number of amides is 1. The minimum atomic E-state index is -0.442. The fourth-order valence-corrected chi connectivity index (χ4v) is 2.23. The average Bonchev–Trinajstić information content (AvgIpc) is 2.39.